The predicted octanol–water partition coefficient (Wildman–Crippen LogP) is 1.26. The van der Waals surface area contributed by atoms with Crippen molar-refractivity contribution < 1.29 is 9.90 Å². The van der Waals surface area contributed by atoms with Gasteiger partial charge in [-0.25, -0.2) is 0 Å². The van der Waals surface area contributed by atoms with Crippen LogP contribution in [-0.4, -0.2) is 35.1 Å². The average molecular weight is 211 g/mol. The zero-order valence-corrected chi connectivity index (χ0v) is 8.88. The summed E-state index contributed by atoms with van der Waals surface area (Å²) in [7, 11) is 0. The van der Waals surface area contributed by atoms with Gasteiger partial charge < -0.3 is 10.0 Å². The van der Waals surface area contributed by atoms with E-state index in [4.69, 9.17) is 0 Å². The number of hydrogen-bond acceptors (Lipinski definition) is 3. The molecule has 76 valence electrons. The Hall–Kier alpha value is -0.870. The fourth-order valence-corrected chi connectivity index (χ4v) is 2.47. The van der Waals surface area contributed by atoms with Gasteiger partial charge in [-0.15, -0.1) is 11.3 Å². The summed E-state index contributed by atoms with van der Waals surface area (Å²) in [5.74, 6) is 0.0552. The van der Waals surface area contributed by atoms with E-state index in [0.717, 1.165) is 9.75 Å². The SMILES string of the molecule is Cc1ccc(C(=O)N2CC[C@H](O)C2)s1. The lowest BCUT2D eigenvalue weighted by atomic mass is 10.3. The highest BCUT2D eigenvalue weighted by molar-refractivity contribution is 7.13. The summed E-state index contributed by atoms with van der Waals surface area (Å²) in [4.78, 5) is 15.5. The van der Waals surface area contributed by atoms with Gasteiger partial charge >= 0.3 is 0 Å². The van der Waals surface area contributed by atoms with E-state index < -0.39 is 0 Å². The van der Waals surface area contributed by atoms with E-state index >= 15 is 0 Å². The van der Waals surface area contributed by atoms with Crippen molar-refractivity contribution >= 4 is 17.2 Å². The first-order chi connectivity index (χ1) is 6.66. The number of aliphatic hydroxyl groups is 1. The number of rotatable bonds is 1. The topological polar surface area (TPSA) is 40.5 Å². The molecule has 0 aromatic carbocycles. The molecule has 0 aliphatic carbocycles. The molecule has 0 bridgehead atoms. The van der Waals surface area contributed by atoms with Crippen molar-refractivity contribution in [2.45, 2.75) is 19.4 Å². The van der Waals surface area contributed by atoms with Crippen LogP contribution < -0.4 is 0 Å². The Kier molecular flexibility index (Phi) is 2.56. The number of amides is 1. The van der Waals surface area contributed by atoms with Crippen molar-refractivity contribution in [3.05, 3.63) is 21.9 Å². The highest BCUT2D eigenvalue weighted by Gasteiger charge is 2.25. The number of carbonyl (C=O) groups is 1. The first-order valence-electron chi connectivity index (χ1n) is 4.70. The maximum absolute atomic E-state index is 11.8. The normalized spacial score (nSPS) is 21.6. The molecule has 1 aromatic heterocycles. The second kappa shape index (κ2) is 3.71. The van der Waals surface area contributed by atoms with Crippen molar-refractivity contribution in [2.75, 3.05) is 13.1 Å². The molecule has 1 saturated heterocycles. The lowest BCUT2D eigenvalue weighted by molar-refractivity contribution is 0.0769. The Balaban J connectivity index is 2.09. The van der Waals surface area contributed by atoms with E-state index in [1.165, 1.54) is 11.3 Å². The first-order valence-corrected chi connectivity index (χ1v) is 5.52. The number of β-amino-alcohol motifs (C(OH)–C–C–N with tert-alkyl or cyclic N) is 1. The molecule has 0 saturated carbocycles. The Morgan fingerprint density at radius 3 is 2.93 bits per heavy atom. The lowest BCUT2D eigenvalue weighted by Crippen LogP contribution is -2.28. The molecule has 1 N–H and O–H groups in total. The second-order valence-electron chi connectivity index (χ2n) is 3.60. The third kappa shape index (κ3) is 1.81. The molecule has 14 heavy (non-hydrogen) atoms. The van der Waals surface area contributed by atoms with E-state index in [-0.39, 0.29) is 12.0 Å². The van der Waals surface area contributed by atoms with Gasteiger partial charge in [0, 0.05) is 18.0 Å². The summed E-state index contributed by atoms with van der Waals surface area (Å²) in [5.41, 5.74) is 0. The molecular weight excluding hydrogens is 198 g/mol. The van der Waals surface area contributed by atoms with E-state index in [1.807, 2.05) is 19.1 Å². The van der Waals surface area contributed by atoms with Crippen LogP contribution in [0.25, 0.3) is 0 Å². The highest BCUT2D eigenvalue weighted by atomic mass is 32.1. The molecule has 0 spiro atoms. The third-order valence-electron chi connectivity index (χ3n) is 2.40. The fraction of sp³-hybridized carbons (Fsp3) is 0.500. The number of thiophene rings is 1. The number of carbonyl (C=O) groups excluding carboxylic acids is 1. The smallest absolute Gasteiger partial charge is 0.264 e. The van der Waals surface area contributed by atoms with Gasteiger partial charge in [0.2, 0.25) is 0 Å². The molecular formula is C10H13NO2S. The molecule has 1 aliphatic heterocycles. The summed E-state index contributed by atoms with van der Waals surface area (Å²) in [5, 5.41) is 9.31. The molecule has 0 radical (unpaired) electrons. The summed E-state index contributed by atoms with van der Waals surface area (Å²) in [6, 6.07) is 3.80. The van der Waals surface area contributed by atoms with Crippen molar-refractivity contribution in [3.63, 3.8) is 0 Å². The number of hydrogen-bond donors (Lipinski definition) is 1. The van der Waals surface area contributed by atoms with E-state index in [2.05, 4.69) is 0 Å². The largest absolute Gasteiger partial charge is 0.391 e. The number of nitrogens with zero attached hydrogens (tertiary/aromatic N) is 1. The van der Waals surface area contributed by atoms with E-state index in [1.54, 1.807) is 4.90 Å². The molecule has 0 unspecified atom stereocenters. The van der Waals surface area contributed by atoms with Gasteiger partial charge in [-0.2, -0.15) is 0 Å². The van der Waals surface area contributed by atoms with Gasteiger partial charge in [0.1, 0.15) is 0 Å². The van der Waals surface area contributed by atoms with E-state index in [9.17, 15) is 9.90 Å². The van der Waals surface area contributed by atoms with Gasteiger partial charge in [-0.3, -0.25) is 4.79 Å². The van der Waals surface area contributed by atoms with Crippen molar-refractivity contribution in [1.82, 2.24) is 4.90 Å². The minimum atomic E-state index is -0.333. The summed E-state index contributed by atoms with van der Waals surface area (Å²) < 4.78 is 0. The molecule has 1 fully saturated rings. The highest BCUT2D eigenvalue weighted by Crippen LogP contribution is 2.19. The van der Waals surface area contributed by atoms with Crippen LogP contribution in [0, 0.1) is 6.92 Å². The van der Waals surface area contributed by atoms with Crippen LogP contribution in [0.1, 0.15) is 21.0 Å². The molecule has 2 rings (SSSR count). The first kappa shape index (κ1) is 9.68. The minimum absolute atomic E-state index is 0.0552. The van der Waals surface area contributed by atoms with Crippen LogP contribution in [0.15, 0.2) is 12.1 Å². The number of aryl methyl sites for hydroxylation is 1. The average Bonchev–Trinajstić information content (AvgIpc) is 2.73. The van der Waals surface area contributed by atoms with E-state index in [0.29, 0.717) is 19.5 Å². The van der Waals surface area contributed by atoms with Crippen LogP contribution in [0.3, 0.4) is 0 Å². The molecule has 1 aliphatic rings. The zero-order valence-electron chi connectivity index (χ0n) is 8.06. The molecule has 2 heterocycles. The van der Waals surface area contributed by atoms with Gasteiger partial charge in [0.25, 0.3) is 5.91 Å². The molecule has 3 nitrogen and oxygen atoms in total. The van der Waals surface area contributed by atoms with Crippen LogP contribution in [0.5, 0.6) is 0 Å². The third-order valence-corrected chi connectivity index (χ3v) is 3.39. The van der Waals surface area contributed by atoms with Crippen molar-refractivity contribution in [2.24, 2.45) is 0 Å². The Bertz CT molecular complexity index is 348. The minimum Gasteiger partial charge on any atom is -0.391 e. The van der Waals surface area contributed by atoms with Crippen molar-refractivity contribution in [1.29, 1.82) is 0 Å². The number of likely N-dealkylation sites (tertiary alicyclic amines) is 1. The summed E-state index contributed by atoms with van der Waals surface area (Å²) in [6.07, 6.45) is 0.371. The summed E-state index contributed by atoms with van der Waals surface area (Å²) >= 11 is 1.51. The van der Waals surface area contributed by atoms with Crippen LogP contribution in [0.4, 0.5) is 0 Å². The molecule has 1 aromatic rings. The maximum atomic E-state index is 11.8. The fourth-order valence-electron chi connectivity index (χ4n) is 1.63. The zero-order chi connectivity index (χ0) is 10.1. The molecule has 4 heteroatoms. The van der Waals surface area contributed by atoms with Crippen molar-refractivity contribution in [3.8, 4) is 0 Å². The van der Waals surface area contributed by atoms with Gasteiger partial charge in [-0.05, 0) is 25.5 Å². The monoisotopic (exact) mass is 211 g/mol. The Morgan fingerprint density at radius 1 is 1.64 bits per heavy atom. The standard InChI is InChI=1S/C10H13NO2S/c1-7-2-3-9(14-7)10(13)11-5-4-8(12)6-11/h2-3,8,12H,4-6H2,1H3/t8-/m0/s1. The van der Waals surface area contributed by atoms with Crippen LogP contribution >= 0.6 is 11.3 Å². The number of aliphatic hydroxyl groups excluding tert-OH is 1. The second-order valence-corrected chi connectivity index (χ2v) is 4.89. The van der Waals surface area contributed by atoms with Crippen LogP contribution in [0.2, 0.25) is 0 Å². The molecule has 1 atom stereocenters. The van der Waals surface area contributed by atoms with Gasteiger partial charge in [-0.1, -0.05) is 0 Å². The summed E-state index contributed by atoms with van der Waals surface area (Å²) in [6.45, 7) is 3.15. The molecule has 1 amide bonds. The van der Waals surface area contributed by atoms with Crippen LogP contribution in [-0.2, 0) is 0 Å². The predicted molar refractivity (Wildman–Crippen MR) is 55.6 cm³/mol. The maximum Gasteiger partial charge on any atom is 0.264 e. The van der Waals surface area contributed by atoms with Gasteiger partial charge in [0.15, 0.2) is 0 Å². The van der Waals surface area contributed by atoms with Gasteiger partial charge in [0.05, 0.1) is 11.0 Å². The Morgan fingerprint density at radius 2 is 2.43 bits per heavy atom. The lowest BCUT2D eigenvalue weighted by Gasteiger charge is -2.13. The Labute approximate surface area is 87.0 Å². The quantitative estimate of drug-likeness (QED) is 0.759.